The SMILES string of the molecule is Cc1cc(C)c2c(c1)[C@]1(C(=O)N2)C(C#N)=C(N)Oc2c1c(C)nn2-c1ccccc1. The van der Waals surface area contributed by atoms with E-state index in [2.05, 4.69) is 16.5 Å². The van der Waals surface area contributed by atoms with Gasteiger partial charge in [-0.05, 0) is 38.5 Å². The molecule has 2 aliphatic rings. The van der Waals surface area contributed by atoms with Crippen LogP contribution in [0.2, 0.25) is 0 Å². The number of nitrogens with one attached hydrogen (secondary N) is 1. The molecular weight excluding hydrogens is 378 g/mol. The Hall–Kier alpha value is -4.05. The van der Waals surface area contributed by atoms with Gasteiger partial charge in [0.15, 0.2) is 0 Å². The van der Waals surface area contributed by atoms with Crippen molar-refractivity contribution < 1.29 is 9.53 Å². The van der Waals surface area contributed by atoms with E-state index in [-0.39, 0.29) is 17.4 Å². The maximum absolute atomic E-state index is 13.6. The summed E-state index contributed by atoms with van der Waals surface area (Å²) in [4.78, 5) is 13.6. The lowest BCUT2D eigenvalue weighted by molar-refractivity contribution is -0.118. The number of hydrogen-bond acceptors (Lipinski definition) is 5. The number of para-hydroxylation sites is 1. The second-order valence-corrected chi connectivity index (χ2v) is 7.67. The molecule has 1 atom stereocenters. The van der Waals surface area contributed by atoms with Crippen molar-refractivity contribution in [2.45, 2.75) is 26.2 Å². The Bertz CT molecular complexity index is 1310. The van der Waals surface area contributed by atoms with Gasteiger partial charge in [-0.1, -0.05) is 35.9 Å². The van der Waals surface area contributed by atoms with Crippen molar-refractivity contribution in [3.8, 4) is 17.6 Å². The van der Waals surface area contributed by atoms with Gasteiger partial charge in [-0.25, -0.2) is 4.68 Å². The summed E-state index contributed by atoms with van der Waals surface area (Å²) in [5.74, 6) is -0.0763. The summed E-state index contributed by atoms with van der Waals surface area (Å²) < 4.78 is 7.53. The number of anilines is 1. The molecule has 0 bridgehead atoms. The second-order valence-electron chi connectivity index (χ2n) is 7.67. The molecule has 0 radical (unpaired) electrons. The standard InChI is InChI=1S/C23H19N5O2/c1-12-9-13(2)19-16(10-12)23(22(29)26-19)17(11-24)20(25)30-21-18(23)14(3)27-28(21)15-7-5-4-6-8-15/h4-10H,25H2,1-3H3,(H,26,29)/t23-/m0/s1. The van der Waals surface area contributed by atoms with Gasteiger partial charge in [0.2, 0.25) is 17.7 Å². The lowest BCUT2D eigenvalue weighted by Gasteiger charge is -2.32. The number of nitrogens with zero attached hydrogens (tertiary/aromatic N) is 3. The summed E-state index contributed by atoms with van der Waals surface area (Å²) in [6, 6.07) is 15.5. The topological polar surface area (TPSA) is 106 Å². The fraction of sp³-hybridized carbons (Fsp3) is 0.174. The lowest BCUT2D eigenvalue weighted by atomic mass is 9.68. The van der Waals surface area contributed by atoms with Crippen molar-refractivity contribution >= 4 is 11.6 Å². The number of aromatic nitrogens is 2. The van der Waals surface area contributed by atoms with Crippen LogP contribution >= 0.6 is 0 Å². The minimum absolute atomic E-state index is 0.0759. The van der Waals surface area contributed by atoms with Crippen LogP contribution in [0.1, 0.15) is 27.9 Å². The molecule has 0 fully saturated rings. The Balaban J connectivity index is 1.92. The number of nitriles is 1. The van der Waals surface area contributed by atoms with E-state index >= 15 is 0 Å². The average molecular weight is 397 g/mol. The maximum atomic E-state index is 13.6. The first-order valence-electron chi connectivity index (χ1n) is 9.56. The first kappa shape index (κ1) is 18.0. The molecule has 1 aromatic heterocycles. The predicted molar refractivity (Wildman–Crippen MR) is 111 cm³/mol. The molecule has 0 aliphatic carbocycles. The van der Waals surface area contributed by atoms with E-state index in [1.807, 2.05) is 63.2 Å². The number of fused-ring (bicyclic) bond motifs is 4. The number of hydrogen-bond donors (Lipinski definition) is 2. The zero-order chi connectivity index (χ0) is 21.2. The van der Waals surface area contributed by atoms with E-state index in [9.17, 15) is 10.1 Å². The zero-order valence-electron chi connectivity index (χ0n) is 16.8. The van der Waals surface area contributed by atoms with Gasteiger partial charge in [0.05, 0.1) is 16.9 Å². The van der Waals surface area contributed by atoms with E-state index < -0.39 is 5.41 Å². The minimum atomic E-state index is -1.41. The molecule has 2 aromatic carbocycles. The number of nitrogens with two attached hydrogens (primary N) is 1. The minimum Gasteiger partial charge on any atom is -0.422 e. The fourth-order valence-corrected chi connectivity index (χ4v) is 4.64. The van der Waals surface area contributed by atoms with Gasteiger partial charge in [0.1, 0.15) is 17.1 Å². The van der Waals surface area contributed by atoms with Crippen LogP contribution in [0.4, 0.5) is 5.69 Å². The molecular formula is C23H19N5O2. The number of amides is 1. The first-order valence-corrected chi connectivity index (χ1v) is 9.56. The van der Waals surface area contributed by atoms with Crippen LogP contribution in [0.25, 0.3) is 5.69 Å². The van der Waals surface area contributed by atoms with Crippen LogP contribution < -0.4 is 15.8 Å². The first-order chi connectivity index (χ1) is 14.4. The Morgan fingerprint density at radius 2 is 1.93 bits per heavy atom. The monoisotopic (exact) mass is 397 g/mol. The number of aryl methyl sites for hydroxylation is 3. The molecule has 3 aromatic rings. The van der Waals surface area contributed by atoms with Gasteiger partial charge in [-0.15, -0.1) is 0 Å². The highest BCUT2D eigenvalue weighted by Gasteiger charge is 2.59. The fourth-order valence-electron chi connectivity index (χ4n) is 4.64. The van der Waals surface area contributed by atoms with Crippen LogP contribution in [-0.4, -0.2) is 15.7 Å². The summed E-state index contributed by atoms with van der Waals surface area (Å²) in [6.45, 7) is 5.71. The smallest absolute Gasteiger partial charge is 0.245 e. The molecule has 1 amide bonds. The van der Waals surface area contributed by atoms with E-state index in [0.717, 1.165) is 16.8 Å². The van der Waals surface area contributed by atoms with Crippen molar-refractivity contribution in [3.05, 3.63) is 81.9 Å². The van der Waals surface area contributed by atoms with Gasteiger partial charge in [-0.2, -0.15) is 10.4 Å². The predicted octanol–water partition coefficient (Wildman–Crippen LogP) is 3.12. The van der Waals surface area contributed by atoms with E-state index in [4.69, 9.17) is 10.5 Å². The third kappa shape index (κ3) is 2.08. The van der Waals surface area contributed by atoms with Gasteiger partial charge < -0.3 is 15.8 Å². The second kappa shape index (κ2) is 5.97. The van der Waals surface area contributed by atoms with E-state index in [1.165, 1.54) is 0 Å². The number of ether oxygens (including phenoxy) is 1. The van der Waals surface area contributed by atoms with Crippen molar-refractivity contribution in [1.29, 1.82) is 5.26 Å². The molecule has 30 heavy (non-hydrogen) atoms. The Morgan fingerprint density at radius 3 is 2.63 bits per heavy atom. The molecule has 5 rings (SSSR count). The maximum Gasteiger partial charge on any atom is 0.245 e. The summed E-state index contributed by atoms with van der Waals surface area (Å²) in [7, 11) is 0. The van der Waals surface area contributed by atoms with Crippen LogP contribution in [0, 0.1) is 32.1 Å². The number of carbonyl (C=O) groups excluding carboxylic acids is 1. The van der Waals surface area contributed by atoms with Gasteiger partial charge in [0.25, 0.3) is 0 Å². The Kier molecular flexibility index (Phi) is 3.59. The molecule has 3 N–H and O–H groups in total. The molecule has 2 aliphatic heterocycles. The van der Waals surface area contributed by atoms with Gasteiger partial charge in [-0.3, -0.25) is 4.79 Å². The van der Waals surface area contributed by atoms with Crippen molar-refractivity contribution in [1.82, 2.24) is 9.78 Å². The summed E-state index contributed by atoms with van der Waals surface area (Å²) in [6.07, 6.45) is 0. The molecule has 1 spiro atoms. The quantitative estimate of drug-likeness (QED) is 0.656. The molecule has 3 heterocycles. The largest absolute Gasteiger partial charge is 0.422 e. The summed E-state index contributed by atoms with van der Waals surface area (Å²) in [5, 5.41) is 17.7. The normalized spacial score (nSPS) is 19.2. The van der Waals surface area contributed by atoms with Crippen LogP contribution in [0.3, 0.4) is 0 Å². The van der Waals surface area contributed by atoms with Crippen molar-refractivity contribution in [2.24, 2.45) is 5.73 Å². The van der Waals surface area contributed by atoms with Crippen LogP contribution in [0.5, 0.6) is 5.88 Å². The molecule has 7 nitrogen and oxygen atoms in total. The third-order valence-electron chi connectivity index (χ3n) is 5.80. The van der Waals surface area contributed by atoms with Crippen LogP contribution in [0.15, 0.2) is 53.9 Å². The summed E-state index contributed by atoms with van der Waals surface area (Å²) >= 11 is 0. The average Bonchev–Trinajstić information content (AvgIpc) is 3.19. The van der Waals surface area contributed by atoms with E-state index in [1.54, 1.807) is 4.68 Å². The van der Waals surface area contributed by atoms with Crippen molar-refractivity contribution in [3.63, 3.8) is 0 Å². The van der Waals surface area contributed by atoms with Gasteiger partial charge >= 0.3 is 0 Å². The molecule has 7 heteroatoms. The third-order valence-corrected chi connectivity index (χ3v) is 5.80. The molecule has 0 saturated heterocycles. The van der Waals surface area contributed by atoms with Crippen molar-refractivity contribution in [2.75, 3.05) is 5.32 Å². The highest BCUT2D eigenvalue weighted by atomic mass is 16.5. The lowest BCUT2D eigenvalue weighted by Crippen LogP contribution is -2.42. The van der Waals surface area contributed by atoms with Crippen LogP contribution in [-0.2, 0) is 10.2 Å². The van der Waals surface area contributed by atoms with E-state index in [0.29, 0.717) is 28.4 Å². The number of benzene rings is 2. The highest BCUT2D eigenvalue weighted by Crippen LogP contribution is 2.55. The number of rotatable bonds is 1. The number of carbonyl (C=O) groups is 1. The zero-order valence-corrected chi connectivity index (χ0v) is 16.8. The highest BCUT2D eigenvalue weighted by molar-refractivity contribution is 6.13. The molecule has 0 unspecified atom stereocenters. The van der Waals surface area contributed by atoms with Gasteiger partial charge in [0, 0.05) is 11.3 Å². The Morgan fingerprint density at radius 1 is 1.20 bits per heavy atom. The summed E-state index contributed by atoms with van der Waals surface area (Å²) in [5.41, 5.74) is 10.1. The Labute approximate surface area is 173 Å². The molecule has 0 saturated carbocycles. The molecule has 148 valence electrons.